The SMILES string of the molecule is COc1ccc(C(=O)CN2CC2)c(OC)c1. The zero-order valence-electron chi connectivity index (χ0n) is 9.53. The van der Waals surface area contributed by atoms with Crippen molar-refractivity contribution in [1.82, 2.24) is 4.90 Å². The molecule has 4 heteroatoms. The minimum Gasteiger partial charge on any atom is -0.497 e. The Hall–Kier alpha value is -1.55. The fraction of sp³-hybridized carbons (Fsp3) is 0.417. The van der Waals surface area contributed by atoms with Crippen molar-refractivity contribution in [2.45, 2.75) is 0 Å². The van der Waals surface area contributed by atoms with Crippen LogP contribution in [-0.4, -0.2) is 44.5 Å². The first-order valence-electron chi connectivity index (χ1n) is 5.22. The van der Waals surface area contributed by atoms with E-state index in [1.165, 1.54) is 0 Å². The van der Waals surface area contributed by atoms with Crippen LogP contribution < -0.4 is 9.47 Å². The summed E-state index contributed by atoms with van der Waals surface area (Å²) in [4.78, 5) is 14.0. The number of nitrogens with zero attached hydrogens (tertiary/aromatic N) is 1. The van der Waals surface area contributed by atoms with Crippen molar-refractivity contribution in [2.24, 2.45) is 0 Å². The number of carbonyl (C=O) groups excluding carboxylic acids is 1. The molecule has 1 aliphatic rings. The van der Waals surface area contributed by atoms with Crippen molar-refractivity contribution >= 4 is 5.78 Å². The molecule has 2 rings (SSSR count). The van der Waals surface area contributed by atoms with Gasteiger partial charge in [0.1, 0.15) is 11.5 Å². The fourth-order valence-corrected chi connectivity index (χ4v) is 1.55. The summed E-state index contributed by atoms with van der Waals surface area (Å²) < 4.78 is 10.3. The van der Waals surface area contributed by atoms with Gasteiger partial charge in [-0.1, -0.05) is 0 Å². The smallest absolute Gasteiger partial charge is 0.180 e. The normalized spacial score (nSPS) is 14.6. The molecule has 16 heavy (non-hydrogen) atoms. The highest BCUT2D eigenvalue weighted by molar-refractivity contribution is 6.00. The lowest BCUT2D eigenvalue weighted by Gasteiger charge is -2.09. The van der Waals surface area contributed by atoms with Gasteiger partial charge in [0.25, 0.3) is 0 Å². The molecule has 0 aromatic heterocycles. The predicted octanol–water partition coefficient (Wildman–Crippen LogP) is 1.20. The molecular weight excluding hydrogens is 206 g/mol. The van der Waals surface area contributed by atoms with Crippen LogP contribution in [0.1, 0.15) is 10.4 Å². The Morgan fingerprint density at radius 3 is 2.62 bits per heavy atom. The number of carbonyl (C=O) groups is 1. The molecule has 4 nitrogen and oxygen atoms in total. The predicted molar refractivity (Wildman–Crippen MR) is 60.3 cm³/mol. The number of methoxy groups -OCH3 is 2. The second-order valence-electron chi connectivity index (χ2n) is 3.77. The second kappa shape index (κ2) is 4.53. The molecule has 1 fully saturated rings. The van der Waals surface area contributed by atoms with Gasteiger partial charge in [-0.15, -0.1) is 0 Å². The lowest BCUT2D eigenvalue weighted by atomic mass is 10.1. The Morgan fingerprint density at radius 2 is 2.06 bits per heavy atom. The van der Waals surface area contributed by atoms with Gasteiger partial charge >= 0.3 is 0 Å². The van der Waals surface area contributed by atoms with Gasteiger partial charge in [-0.3, -0.25) is 9.69 Å². The van der Waals surface area contributed by atoms with Gasteiger partial charge in [-0.05, 0) is 12.1 Å². The highest BCUT2D eigenvalue weighted by atomic mass is 16.5. The van der Waals surface area contributed by atoms with Gasteiger partial charge in [-0.25, -0.2) is 0 Å². The number of Topliss-reactive ketones (excluding diaryl/α,β-unsaturated/α-hetero) is 1. The van der Waals surface area contributed by atoms with E-state index >= 15 is 0 Å². The molecule has 1 saturated heterocycles. The molecule has 0 saturated carbocycles. The van der Waals surface area contributed by atoms with Gasteiger partial charge in [0.05, 0.1) is 26.3 Å². The summed E-state index contributed by atoms with van der Waals surface area (Å²) in [6, 6.07) is 5.26. The highest BCUT2D eigenvalue weighted by Gasteiger charge is 2.23. The molecule has 0 radical (unpaired) electrons. The minimum absolute atomic E-state index is 0.0944. The van der Waals surface area contributed by atoms with Gasteiger partial charge in [0.2, 0.25) is 0 Å². The number of ketones is 1. The van der Waals surface area contributed by atoms with Crippen molar-refractivity contribution in [2.75, 3.05) is 33.9 Å². The van der Waals surface area contributed by atoms with Crippen molar-refractivity contribution in [3.63, 3.8) is 0 Å². The van der Waals surface area contributed by atoms with Crippen LogP contribution in [0.3, 0.4) is 0 Å². The van der Waals surface area contributed by atoms with Crippen molar-refractivity contribution in [3.05, 3.63) is 23.8 Å². The third-order valence-corrected chi connectivity index (χ3v) is 2.62. The van der Waals surface area contributed by atoms with E-state index in [0.717, 1.165) is 13.1 Å². The lowest BCUT2D eigenvalue weighted by Crippen LogP contribution is -2.14. The van der Waals surface area contributed by atoms with Crippen LogP contribution >= 0.6 is 0 Å². The topological polar surface area (TPSA) is 38.5 Å². The first kappa shape index (κ1) is 11.0. The monoisotopic (exact) mass is 221 g/mol. The maximum absolute atomic E-state index is 11.9. The summed E-state index contributed by atoms with van der Waals surface area (Å²) in [5, 5.41) is 0. The summed E-state index contributed by atoms with van der Waals surface area (Å²) in [5.74, 6) is 1.36. The van der Waals surface area contributed by atoms with Gasteiger partial charge < -0.3 is 9.47 Å². The van der Waals surface area contributed by atoms with Crippen LogP contribution in [-0.2, 0) is 0 Å². The zero-order chi connectivity index (χ0) is 11.5. The van der Waals surface area contributed by atoms with E-state index in [9.17, 15) is 4.79 Å². The van der Waals surface area contributed by atoms with Crippen molar-refractivity contribution in [1.29, 1.82) is 0 Å². The van der Waals surface area contributed by atoms with Crippen molar-refractivity contribution < 1.29 is 14.3 Å². The molecule has 1 aliphatic heterocycles. The Bertz CT molecular complexity index is 399. The summed E-state index contributed by atoms with van der Waals surface area (Å²) in [5.41, 5.74) is 0.621. The van der Waals surface area contributed by atoms with Crippen LogP contribution in [0.5, 0.6) is 11.5 Å². The molecule has 1 aromatic rings. The average Bonchev–Trinajstić information content (AvgIpc) is 3.11. The van der Waals surface area contributed by atoms with E-state index in [2.05, 4.69) is 4.90 Å². The molecule has 0 amide bonds. The van der Waals surface area contributed by atoms with Gasteiger partial charge in [0, 0.05) is 19.2 Å². The quantitative estimate of drug-likeness (QED) is 0.553. The van der Waals surface area contributed by atoms with Crippen LogP contribution in [0.4, 0.5) is 0 Å². The number of hydrogen-bond donors (Lipinski definition) is 0. The lowest BCUT2D eigenvalue weighted by molar-refractivity contribution is 0.0971. The molecule has 0 bridgehead atoms. The first-order chi connectivity index (χ1) is 7.74. The van der Waals surface area contributed by atoms with E-state index in [0.29, 0.717) is 23.6 Å². The molecule has 1 aromatic carbocycles. The van der Waals surface area contributed by atoms with Crippen LogP contribution in [0.2, 0.25) is 0 Å². The minimum atomic E-state index is 0.0944. The Kier molecular flexibility index (Phi) is 3.10. The summed E-state index contributed by atoms with van der Waals surface area (Å²) >= 11 is 0. The number of benzene rings is 1. The number of ether oxygens (including phenoxy) is 2. The largest absolute Gasteiger partial charge is 0.497 e. The van der Waals surface area contributed by atoms with Crippen LogP contribution in [0.15, 0.2) is 18.2 Å². The number of rotatable bonds is 5. The fourth-order valence-electron chi connectivity index (χ4n) is 1.55. The molecule has 0 spiro atoms. The van der Waals surface area contributed by atoms with E-state index in [4.69, 9.17) is 9.47 Å². The maximum atomic E-state index is 11.9. The second-order valence-corrected chi connectivity index (χ2v) is 3.77. The molecular formula is C12H15NO3. The maximum Gasteiger partial charge on any atom is 0.180 e. The van der Waals surface area contributed by atoms with E-state index in [-0.39, 0.29) is 5.78 Å². The average molecular weight is 221 g/mol. The highest BCUT2D eigenvalue weighted by Crippen LogP contribution is 2.25. The Morgan fingerprint density at radius 1 is 1.31 bits per heavy atom. The molecule has 0 aliphatic carbocycles. The summed E-state index contributed by atoms with van der Waals surface area (Å²) in [7, 11) is 3.15. The van der Waals surface area contributed by atoms with Gasteiger partial charge in [0.15, 0.2) is 5.78 Å². The summed E-state index contributed by atoms with van der Waals surface area (Å²) in [6.07, 6.45) is 0. The molecule has 0 atom stereocenters. The molecule has 0 N–H and O–H groups in total. The molecule has 1 heterocycles. The third-order valence-electron chi connectivity index (χ3n) is 2.62. The van der Waals surface area contributed by atoms with Crippen LogP contribution in [0.25, 0.3) is 0 Å². The van der Waals surface area contributed by atoms with E-state index in [1.807, 2.05) is 0 Å². The van der Waals surface area contributed by atoms with E-state index in [1.54, 1.807) is 32.4 Å². The third kappa shape index (κ3) is 2.33. The first-order valence-corrected chi connectivity index (χ1v) is 5.22. The standard InChI is InChI=1S/C12H15NO3/c1-15-9-3-4-10(12(7-9)16-2)11(14)8-13-5-6-13/h3-4,7H,5-6,8H2,1-2H3. The summed E-state index contributed by atoms with van der Waals surface area (Å²) in [6.45, 7) is 2.51. The Balaban J connectivity index is 2.20. The van der Waals surface area contributed by atoms with E-state index < -0.39 is 0 Å². The van der Waals surface area contributed by atoms with Crippen LogP contribution in [0, 0.1) is 0 Å². The van der Waals surface area contributed by atoms with Gasteiger partial charge in [-0.2, -0.15) is 0 Å². The van der Waals surface area contributed by atoms with Crippen molar-refractivity contribution in [3.8, 4) is 11.5 Å². The number of hydrogen-bond acceptors (Lipinski definition) is 4. The Labute approximate surface area is 94.8 Å². The molecule has 0 unspecified atom stereocenters. The zero-order valence-corrected chi connectivity index (χ0v) is 9.53. The molecule has 86 valence electrons.